The first-order valence-electron chi connectivity index (χ1n) is 8.49. The third-order valence-corrected chi connectivity index (χ3v) is 4.65. The second kappa shape index (κ2) is 6.75. The van der Waals surface area contributed by atoms with Crippen molar-refractivity contribution in [1.82, 2.24) is 10.1 Å². The first kappa shape index (κ1) is 16.7. The van der Waals surface area contributed by atoms with Crippen LogP contribution < -0.4 is 0 Å². The van der Waals surface area contributed by atoms with E-state index in [1.54, 1.807) is 12.1 Å². The fraction of sp³-hybridized carbons (Fsp3) is 0.474. The van der Waals surface area contributed by atoms with E-state index in [0.29, 0.717) is 17.0 Å². The summed E-state index contributed by atoms with van der Waals surface area (Å²) >= 11 is 0. The van der Waals surface area contributed by atoms with Crippen molar-refractivity contribution in [2.45, 2.75) is 52.0 Å². The smallest absolute Gasteiger partial charge is 0.259 e. The largest absolute Gasteiger partial charge is 0.360 e. The van der Waals surface area contributed by atoms with Gasteiger partial charge >= 0.3 is 0 Å². The van der Waals surface area contributed by atoms with Crippen LogP contribution in [0.4, 0.5) is 4.39 Å². The van der Waals surface area contributed by atoms with E-state index >= 15 is 0 Å². The van der Waals surface area contributed by atoms with E-state index in [4.69, 9.17) is 4.52 Å². The van der Waals surface area contributed by atoms with Crippen LogP contribution in [0.5, 0.6) is 0 Å². The fourth-order valence-electron chi connectivity index (χ4n) is 3.39. The standard InChI is InChI=1S/C19H23FN2O2/c1-12(2)18-17(13(3)21-24-18)19(23)22-10-4-5-16(22)11-14-6-8-15(20)9-7-14/h6-9,12,16H,4-5,10-11H2,1-3H3. The highest BCUT2D eigenvalue weighted by Crippen LogP contribution is 2.28. The monoisotopic (exact) mass is 330 g/mol. The van der Waals surface area contributed by atoms with Gasteiger partial charge in [-0.2, -0.15) is 0 Å². The van der Waals surface area contributed by atoms with Gasteiger partial charge in [0.2, 0.25) is 0 Å². The van der Waals surface area contributed by atoms with Crippen molar-refractivity contribution in [3.63, 3.8) is 0 Å². The Labute approximate surface area is 141 Å². The highest BCUT2D eigenvalue weighted by Gasteiger charge is 2.33. The molecule has 0 aliphatic carbocycles. The predicted molar refractivity (Wildman–Crippen MR) is 89.5 cm³/mol. The number of amides is 1. The number of benzene rings is 1. The quantitative estimate of drug-likeness (QED) is 0.848. The average molecular weight is 330 g/mol. The second-order valence-corrected chi connectivity index (χ2v) is 6.79. The highest BCUT2D eigenvalue weighted by atomic mass is 19.1. The van der Waals surface area contributed by atoms with Gasteiger partial charge in [0.25, 0.3) is 5.91 Å². The highest BCUT2D eigenvalue weighted by molar-refractivity contribution is 5.96. The molecule has 1 amide bonds. The Balaban J connectivity index is 1.81. The predicted octanol–water partition coefficient (Wildman–Crippen LogP) is 4.09. The molecular formula is C19H23FN2O2. The van der Waals surface area contributed by atoms with E-state index < -0.39 is 0 Å². The molecule has 2 heterocycles. The van der Waals surface area contributed by atoms with Crippen LogP contribution in [0.1, 0.15) is 60.0 Å². The zero-order valence-electron chi connectivity index (χ0n) is 14.4. The van der Waals surface area contributed by atoms with Gasteiger partial charge < -0.3 is 9.42 Å². The van der Waals surface area contributed by atoms with E-state index in [-0.39, 0.29) is 23.7 Å². The zero-order valence-corrected chi connectivity index (χ0v) is 14.4. The van der Waals surface area contributed by atoms with Crippen molar-refractivity contribution in [2.24, 2.45) is 0 Å². The molecule has 1 aliphatic heterocycles. The molecule has 1 aromatic carbocycles. The molecular weight excluding hydrogens is 307 g/mol. The van der Waals surface area contributed by atoms with Gasteiger partial charge in [-0.1, -0.05) is 31.1 Å². The van der Waals surface area contributed by atoms with Gasteiger partial charge in [-0.05, 0) is 43.9 Å². The summed E-state index contributed by atoms with van der Waals surface area (Å²) in [5.41, 5.74) is 2.30. The summed E-state index contributed by atoms with van der Waals surface area (Å²) in [5, 5.41) is 3.98. The summed E-state index contributed by atoms with van der Waals surface area (Å²) < 4.78 is 18.4. The third-order valence-electron chi connectivity index (χ3n) is 4.65. The summed E-state index contributed by atoms with van der Waals surface area (Å²) in [6.45, 7) is 6.55. The van der Waals surface area contributed by atoms with Crippen molar-refractivity contribution in [3.05, 3.63) is 52.7 Å². The van der Waals surface area contributed by atoms with Crippen LogP contribution in [-0.4, -0.2) is 28.6 Å². The minimum atomic E-state index is -0.236. The van der Waals surface area contributed by atoms with Crippen molar-refractivity contribution in [1.29, 1.82) is 0 Å². The summed E-state index contributed by atoms with van der Waals surface area (Å²) in [6, 6.07) is 6.66. The van der Waals surface area contributed by atoms with Crippen molar-refractivity contribution in [3.8, 4) is 0 Å². The Bertz CT molecular complexity index is 721. The van der Waals surface area contributed by atoms with Crippen molar-refractivity contribution in [2.75, 3.05) is 6.54 Å². The molecule has 0 spiro atoms. The molecule has 1 aromatic heterocycles. The fourth-order valence-corrected chi connectivity index (χ4v) is 3.39. The maximum atomic E-state index is 13.1. The normalized spacial score (nSPS) is 17.7. The Morgan fingerprint density at radius 1 is 1.38 bits per heavy atom. The average Bonchev–Trinajstić information content (AvgIpc) is 3.15. The number of carbonyl (C=O) groups excluding carboxylic acids is 1. The maximum Gasteiger partial charge on any atom is 0.259 e. The lowest BCUT2D eigenvalue weighted by Crippen LogP contribution is -2.37. The zero-order chi connectivity index (χ0) is 17.3. The van der Waals surface area contributed by atoms with Crippen LogP contribution >= 0.6 is 0 Å². The van der Waals surface area contributed by atoms with E-state index in [9.17, 15) is 9.18 Å². The van der Waals surface area contributed by atoms with E-state index in [1.807, 2.05) is 25.7 Å². The minimum Gasteiger partial charge on any atom is -0.360 e. The first-order valence-corrected chi connectivity index (χ1v) is 8.49. The first-order chi connectivity index (χ1) is 11.5. The lowest BCUT2D eigenvalue weighted by Gasteiger charge is -2.25. The Morgan fingerprint density at radius 2 is 2.08 bits per heavy atom. The number of hydrogen-bond acceptors (Lipinski definition) is 3. The molecule has 1 atom stereocenters. The molecule has 3 rings (SSSR count). The van der Waals surface area contributed by atoms with E-state index in [2.05, 4.69) is 5.16 Å². The van der Waals surface area contributed by atoms with Gasteiger partial charge in [0.1, 0.15) is 11.4 Å². The SMILES string of the molecule is Cc1noc(C(C)C)c1C(=O)N1CCCC1Cc1ccc(F)cc1. The van der Waals surface area contributed by atoms with Gasteiger partial charge in [-0.3, -0.25) is 4.79 Å². The second-order valence-electron chi connectivity index (χ2n) is 6.79. The van der Waals surface area contributed by atoms with Crippen LogP contribution in [0.2, 0.25) is 0 Å². The third kappa shape index (κ3) is 3.21. The topological polar surface area (TPSA) is 46.3 Å². The lowest BCUT2D eigenvalue weighted by atomic mass is 10.0. The van der Waals surface area contributed by atoms with Crippen LogP contribution in [0.25, 0.3) is 0 Å². The van der Waals surface area contributed by atoms with Gasteiger partial charge in [0.05, 0.1) is 5.69 Å². The number of carbonyl (C=O) groups is 1. The summed E-state index contributed by atoms with van der Waals surface area (Å²) in [4.78, 5) is 15.0. The molecule has 0 saturated carbocycles. The minimum absolute atomic E-state index is 0.00191. The maximum absolute atomic E-state index is 13.1. The summed E-state index contributed by atoms with van der Waals surface area (Å²) in [6.07, 6.45) is 2.69. The number of hydrogen-bond donors (Lipinski definition) is 0. The van der Waals surface area contributed by atoms with Gasteiger partial charge in [0.15, 0.2) is 5.76 Å². The van der Waals surface area contributed by atoms with Crippen LogP contribution in [0, 0.1) is 12.7 Å². The number of likely N-dealkylation sites (tertiary alicyclic amines) is 1. The Kier molecular flexibility index (Phi) is 4.69. The van der Waals surface area contributed by atoms with Crippen LogP contribution in [0.15, 0.2) is 28.8 Å². The Hall–Kier alpha value is -2.17. The lowest BCUT2D eigenvalue weighted by molar-refractivity contribution is 0.0733. The molecule has 0 radical (unpaired) electrons. The molecule has 128 valence electrons. The molecule has 5 heteroatoms. The van der Waals surface area contributed by atoms with E-state index in [0.717, 1.165) is 31.4 Å². The van der Waals surface area contributed by atoms with Crippen LogP contribution in [0.3, 0.4) is 0 Å². The number of nitrogens with zero attached hydrogens (tertiary/aromatic N) is 2. The van der Waals surface area contributed by atoms with Gasteiger partial charge in [-0.15, -0.1) is 0 Å². The molecule has 0 bridgehead atoms. The molecule has 1 saturated heterocycles. The molecule has 4 nitrogen and oxygen atoms in total. The number of aryl methyl sites for hydroxylation is 1. The number of rotatable bonds is 4. The Morgan fingerprint density at radius 3 is 2.75 bits per heavy atom. The van der Waals surface area contributed by atoms with Crippen molar-refractivity contribution < 1.29 is 13.7 Å². The number of halogens is 1. The summed E-state index contributed by atoms with van der Waals surface area (Å²) in [5.74, 6) is 0.537. The van der Waals surface area contributed by atoms with E-state index in [1.165, 1.54) is 12.1 Å². The van der Waals surface area contributed by atoms with Crippen LogP contribution in [-0.2, 0) is 6.42 Å². The molecule has 1 unspecified atom stereocenters. The molecule has 2 aromatic rings. The van der Waals surface area contributed by atoms with Gasteiger partial charge in [0, 0.05) is 18.5 Å². The molecule has 1 fully saturated rings. The molecule has 1 aliphatic rings. The van der Waals surface area contributed by atoms with Crippen molar-refractivity contribution >= 4 is 5.91 Å². The molecule has 24 heavy (non-hydrogen) atoms. The molecule has 0 N–H and O–H groups in total. The summed E-state index contributed by atoms with van der Waals surface area (Å²) in [7, 11) is 0. The van der Waals surface area contributed by atoms with Gasteiger partial charge in [-0.25, -0.2) is 4.39 Å². The number of aromatic nitrogens is 1.